The molecule has 1 aliphatic rings. The van der Waals surface area contributed by atoms with E-state index in [1.165, 1.54) is 15.4 Å². The zero-order chi connectivity index (χ0) is 19.8. The van der Waals surface area contributed by atoms with Crippen molar-refractivity contribution in [2.45, 2.75) is 0 Å². The largest absolute Gasteiger partial charge is 0.459 e. The fraction of sp³-hybridized carbons (Fsp3) is 0.316. The van der Waals surface area contributed by atoms with Crippen LogP contribution in [0.2, 0.25) is 0 Å². The van der Waals surface area contributed by atoms with E-state index in [0.717, 1.165) is 5.69 Å². The average Bonchev–Trinajstić information content (AvgIpc) is 3.26. The number of benzene rings is 1. The number of fused-ring (bicyclic) bond motifs is 1. The molecule has 1 aromatic carbocycles. The van der Waals surface area contributed by atoms with Crippen molar-refractivity contribution in [3.8, 4) is 0 Å². The number of ether oxygens (including phenoxy) is 1. The Balaban J connectivity index is 1.90. The number of nitrogens with zero attached hydrogens (tertiary/aromatic N) is 3. The van der Waals surface area contributed by atoms with Crippen LogP contribution in [0.1, 0.15) is 10.6 Å². The number of aryl methyl sites for hydroxylation is 2. The Morgan fingerprint density at radius 1 is 1.04 bits per heavy atom. The molecule has 0 saturated carbocycles. The molecule has 0 unspecified atom stereocenters. The summed E-state index contributed by atoms with van der Waals surface area (Å²) in [6.45, 7) is 2.43. The van der Waals surface area contributed by atoms with Crippen LogP contribution in [0, 0.1) is 0 Å². The highest BCUT2D eigenvalue weighted by Crippen LogP contribution is 2.31. The van der Waals surface area contributed by atoms with E-state index in [1.54, 1.807) is 32.3 Å². The topological polar surface area (TPSA) is 98.7 Å². The predicted octanol–water partition coefficient (Wildman–Crippen LogP) is 0.919. The van der Waals surface area contributed by atoms with Gasteiger partial charge in [-0.25, -0.2) is 0 Å². The van der Waals surface area contributed by atoms with Gasteiger partial charge in [-0.15, -0.1) is 0 Å². The lowest BCUT2D eigenvalue weighted by atomic mass is 10.1. The zero-order valence-corrected chi connectivity index (χ0v) is 15.6. The first-order valence-electron chi connectivity index (χ1n) is 8.88. The van der Waals surface area contributed by atoms with Crippen LogP contribution in [-0.2, 0) is 18.8 Å². The molecule has 2 aromatic heterocycles. The molecule has 1 N–H and O–H groups in total. The predicted molar refractivity (Wildman–Crippen MR) is 104 cm³/mol. The molecule has 0 radical (unpaired) electrons. The molecular formula is C19H20N4O5. The van der Waals surface area contributed by atoms with Crippen LogP contribution in [0.25, 0.3) is 11.0 Å². The maximum absolute atomic E-state index is 12.5. The first-order chi connectivity index (χ1) is 13.5. The molecule has 0 spiro atoms. The smallest absolute Gasteiger partial charge is 0.316 e. The molecule has 0 bridgehead atoms. The molecule has 1 aliphatic heterocycles. The minimum Gasteiger partial charge on any atom is -0.459 e. The van der Waals surface area contributed by atoms with Crippen molar-refractivity contribution in [2.75, 3.05) is 36.5 Å². The highest BCUT2D eigenvalue weighted by atomic mass is 16.5. The number of carbonyl (C=O) groups excluding carboxylic acids is 1. The first-order valence-corrected chi connectivity index (χ1v) is 8.88. The van der Waals surface area contributed by atoms with Crippen molar-refractivity contribution in [3.63, 3.8) is 0 Å². The Morgan fingerprint density at radius 3 is 2.29 bits per heavy atom. The van der Waals surface area contributed by atoms with Crippen LogP contribution in [-0.4, -0.2) is 41.3 Å². The Bertz CT molecular complexity index is 1150. The van der Waals surface area contributed by atoms with Crippen LogP contribution >= 0.6 is 0 Å². The number of rotatable bonds is 3. The van der Waals surface area contributed by atoms with Crippen LogP contribution in [0.15, 0.2) is 44.5 Å². The Kier molecular flexibility index (Phi) is 4.52. The monoisotopic (exact) mass is 384 g/mol. The maximum atomic E-state index is 12.5. The summed E-state index contributed by atoms with van der Waals surface area (Å²) in [4.78, 5) is 39.1. The molecule has 1 saturated heterocycles. The molecule has 1 amide bonds. The summed E-state index contributed by atoms with van der Waals surface area (Å²) < 4.78 is 13.2. The first kappa shape index (κ1) is 18.1. The zero-order valence-electron chi connectivity index (χ0n) is 15.6. The van der Waals surface area contributed by atoms with Crippen molar-refractivity contribution < 1.29 is 13.9 Å². The summed E-state index contributed by atoms with van der Waals surface area (Å²) in [5.74, 6) is -0.212. The molecule has 0 aliphatic carbocycles. The average molecular weight is 384 g/mol. The number of anilines is 2. The number of hydrogen-bond acceptors (Lipinski definition) is 6. The minimum absolute atomic E-state index is 0.183. The lowest BCUT2D eigenvalue weighted by Crippen LogP contribution is -2.40. The van der Waals surface area contributed by atoms with Crippen molar-refractivity contribution >= 4 is 28.3 Å². The molecule has 0 atom stereocenters. The number of carbonyl (C=O) groups is 1. The van der Waals surface area contributed by atoms with Gasteiger partial charge in [0.05, 0.1) is 41.9 Å². The second-order valence-electron chi connectivity index (χ2n) is 6.62. The van der Waals surface area contributed by atoms with Gasteiger partial charge >= 0.3 is 11.1 Å². The summed E-state index contributed by atoms with van der Waals surface area (Å²) in [5, 5.41) is 2.87. The van der Waals surface area contributed by atoms with Gasteiger partial charge in [0.25, 0.3) is 5.91 Å². The third-order valence-corrected chi connectivity index (χ3v) is 4.95. The summed E-state index contributed by atoms with van der Waals surface area (Å²) in [6, 6.07) is 6.74. The van der Waals surface area contributed by atoms with E-state index in [9.17, 15) is 14.4 Å². The number of aromatic nitrogens is 2. The molecular weight excluding hydrogens is 364 g/mol. The SMILES string of the molecule is Cn1c(=O)c(=O)n(C)c2cc(N3CCOCC3)c(NC(=O)c3ccco3)cc21. The molecule has 9 heteroatoms. The highest BCUT2D eigenvalue weighted by Gasteiger charge is 2.21. The number of furan rings is 1. The van der Waals surface area contributed by atoms with E-state index in [-0.39, 0.29) is 5.76 Å². The van der Waals surface area contributed by atoms with Crippen molar-refractivity contribution in [1.29, 1.82) is 0 Å². The summed E-state index contributed by atoms with van der Waals surface area (Å²) in [5.41, 5.74) is 1.20. The Hall–Kier alpha value is -3.33. The van der Waals surface area contributed by atoms with Gasteiger partial charge in [0.2, 0.25) is 0 Å². The number of morpholine rings is 1. The second kappa shape index (κ2) is 7.01. The Labute approximate surface area is 159 Å². The van der Waals surface area contributed by atoms with Crippen LogP contribution < -0.4 is 21.3 Å². The third kappa shape index (κ3) is 2.99. The van der Waals surface area contributed by atoms with Gasteiger partial charge in [-0.1, -0.05) is 0 Å². The van der Waals surface area contributed by atoms with E-state index >= 15 is 0 Å². The summed E-state index contributed by atoms with van der Waals surface area (Å²) in [6.07, 6.45) is 1.43. The molecule has 4 rings (SSSR count). The minimum atomic E-state index is -0.627. The van der Waals surface area contributed by atoms with E-state index in [0.29, 0.717) is 43.0 Å². The van der Waals surface area contributed by atoms with Gasteiger partial charge in [-0.05, 0) is 24.3 Å². The maximum Gasteiger partial charge on any atom is 0.316 e. The van der Waals surface area contributed by atoms with E-state index < -0.39 is 17.0 Å². The second-order valence-corrected chi connectivity index (χ2v) is 6.62. The molecule has 1 fully saturated rings. The number of amides is 1. The van der Waals surface area contributed by atoms with Crippen molar-refractivity contribution in [1.82, 2.24) is 9.13 Å². The quantitative estimate of drug-likeness (QED) is 0.675. The molecule has 146 valence electrons. The van der Waals surface area contributed by atoms with Gasteiger partial charge in [0, 0.05) is 27.2 Å². The van der Waals surface area contributed by atoms with Gasteiger partial charge in [-0.2, -0.15) is 0 Å². The van der Waals surface area contributed by atoms with E-state index in [1.807, 2.05) is 6.07 Å². The lowest BCUT2D eigenvalue weighted by Gasteiger charge is -2.31. The van der Waals surface area contributed by atoms with Gasteiger partial charge in [0.15, 0.2) is 5.76 Å². The Morgan fingerprint density at radius 2 is 1.68 bits per heavy atom. The fourth-order valence-corrected chi connectivity index (χ4v) is 3.37. The van der Waals surface area contributed by atoms with E-state index in [2.05, 4.69) is 10.2 Å². The number of nitrogens with one attached hydrogen (secondary N) is 1. The van der Waals surface area contributed by atoms with Gasteiger partial charge < -0.3 is 28.5 Å². The third-order valence-electron chi connectivity index (χ3n) is 4.95. The number of hydrogen-bond donors (Lipinski definition) is 1. The molecule has 9 nitrogen and oxygen atoms in total. The van der Waals surface area contributed by atoms with E-state index in [4.69, 9.17) is 9.15 Å². The highest BCUT2D eigenvalue weighted by molar-refractivity contribution is 6.05. The summed E-state index contributed by atoms with van der Waals surface area (Å²) in [7, 11) is 3.11. The van der Waals surface area contributed by atoms with Crippen LogP contribution in [0.3, 0.4) is 0 Å². The van der Waals surface area contributed by atoms with Crippen molar-refractivity contribution in [3.05, 3.63) is 57.0 Å². The molecule has 3 heterocycles. The summed E-state index contributed by atoms with van der Waals surface area (Å²) >= 11 is 0. The molecule has 3 aromatic rings. The molecule has 28 heavy (non-hydrogen) atoms. The lowest BCUT2D eigenvalue weighted by molar-refractivity contribution is 0.0996. The van der Waals surface area contributed by atoms with Gasteiger partial charge in [0.1, 0.15) is 0 Å². The standard InChI is InChI=1S/C19H20N4O5/c1-21-14-10-12(20-17(24)16-4-3-7-28-16)13(23-5-8-27-9-6-23)11-15(14)22(2)19(26)18(21)25/h3-4,7,10-11H,5-6,8-9H2,1-2H3,(H,20,24). The van der Waals surface area contributed by atoms with Gasteiger partial charge in [-0.3, -0.25) is 14.4 Å². The van der Waals surface area contributed by atoms with Crippen LogP contribution in [0.5, 0.6) is 0 Å². The van der Waals surface area contributed by atoms with Crippen LogP contribution in [0.4, 0.5) is 11.4 Å². The normalized spacial score (nSPS) is 14.4. The fourth-order valence-electron chi connectivity index (χ4n) is 3.37. The van der Waals surface area contributed by atoms with Crippen molar-refractivity contribution in [2.24, 2.45) is 14.1 Å².